The Balaban J connectivity index is 0.00000112. The molecule has 6 aromatic carbocycles. The number of aliphatic imine (C=N–C) groups is 1. The Kier molecular flexibility index (Phi) is 7.24. The summed E-state index contributed by atoms with van der Waals surface area (Å²) in [5.74, 6) is 0. The number of rotatable bonds is 4. The van der Waals surface area contributed by atoms with Gasteiger partial charge in [0.15, 0.2) is 0 Å². The van der Waals surface area contributed by atoms with E-state index >= 15 is 0 Å². The quantitative estimate of drug-likeness (QED) is 0.174. The lowest BCUT2D eigenvalue weighted by molar-refractivity contribution is 0.683. The fourth-order valence-electron chi connectivity index (χ4n) is 7.36. The van der Waals surface area contributed by atoms with E-state index in [-0.39, 0.29) is 0 Å². The van der Waals surface area contributed by atoms with E-state index in [4.69, 9.17) is 4.99 Å². The Morgan fingerprint density at radius 1 is 0.686 bits per heavy atom. The van der Waals surface area contributed by atoms with Gasteiger partial charge in [0.25, 0.3) is 0 Å². The number of nitrogens with zero attached hydrogens (tertiary/aromatic N) is 4. The highest BCUT2D eigenvalue weighted by atomic mass is 32.2. The van der Waals surface area contributed by atoms with Gasteiger partial charge in [-0.05, 0) is 97.9 Å². The van der Waals surface area contributed by atoms with Crippen LogP contribution in [0.4, 0.5) is 5.69 Å². The van der Waals surface area contributed by atoms with E-state index in [2.05, 4.69) is 107 Å². The van der Waals surface area contributed by atoms with Crippen molar-refractivity contribution in [3.63, 3.8) is 0 Å². The van der Waals surface area contributed by atoms with E-state index in [1.165, 1.54) is 16.2 Å². The minimum Gasteiger partial charge on any atom is -0.309 e. The number of aromatic nitrogens is 2. The Labute approximate surface area is 297 Å². The lowest BCUT2D eigenvalue weighted by Crippen LogP contribution is -2.06. The number of benzene rings is 6. The van der Waals surface area contributed by atoms with Crippen LogP contribution in [0.3, 0.4) is 0 Å². The van der Waals surface area contributed by atoms with E-state index in [0.717, 1.165) is 61.7 Å². The first-order valence-electron chi connectivity index (χ1n) is 16.8. The van der Waals surface area contributed by atoms with Crippen LogP contribution in [-0.2, 0) is 10.8 Å². The molecule has 2 aliphatic rings. The monoisotopic (exact) mass is 674 g/mol. The van der Waals surface area contributed by atoms with Gasteiger partial charge < -0.3 is 9.13 Å². The van der Waals surface area contributed by atoms with Crippen LogP contribution in [0.2, 0.25) is 0 Å². The third-order valence-corrected chi connectivity index (χ3v) is 10.9. The zero-order valence-electron chi connectivity index (χ0n) is 27.7. The van der Waals surface area contributed by atoms with Crippen LogP contribution in [-0.4, -0.2) is 19.1 Å². The molecular weight excluding hydrogens is 645 g/mol. The summed E-state index contributed by atoms with van der Waals surface area (Å²) in [6, 6.07) is 49.2. The number of hydrogen-bond acceptors (Lipinski definition) is 3. The summed E-state index contributed by atoms with van der Waals surface area (Å²) in [6.45, 7) is 5.25. The number of fused-ring (bicyclic) bond motifs is 10. The molecule has 0 radical (unpaired) electrons. The molecule has 0 saturated carbocycles. The molecule has 0 saturated heterocycles. The highest BCUT2D eigenvalue weighted by Gasteiger charge is 2.34. The highest BCUT2D eigenvalue weighted by Crippen LogP contribution is 2.48. The molecule has 242 valence electrons. The highest BCUT2D eigenvalue weighted by molar-refractivity contribution is 7.85. The number of hydrogen-bond donors (Lipinski definition) is 0. The first-order chi connectivity index (χ1) is 25.1. The van der Waals surface area contributed by atoms with E-state index in [1.807, 2.05) is 43.3 Å². The topological polar surface area (TPSA) is 63.1 Å². The molecule has 51 heavy (non-hydrogen) atoms. The number of allylic oxidation sites excluding steroid dienone is 2. The predicted octanol–water partition coefficient (Wildman–Crippen LogP) is 10.9. The summed E-state index contributed by atoms with van der Waals surface area (Å²) in [4.78, 5) is 6.52. The molecule has 2 aromatic heterocycles. The first-order valence-corrected chi connectivity index (χ1v) is 17.9. The van der Waals surface area contributed by atoms with E-state index in [1.54, 1.807) is 30.3 Å². The van der Waals surface area contributed by atoms with Crippen LogP contribution >= 0.6 is 0 Å². The zero-order chi connectivity index (χ0) is 34.6. The summed E-state index contributed by atoms with van der Waals surface area (Å²) in [7, 11) is -1.38. The second kappa shape index (κ2) is 12.1. The van der Waals surface area contributed by atoms with Gasteiger partial charge in [-0.15, -0.1) is 6.58 Å². The average molecular weight is 675 g/mol. The fourth-order valence-corrected chi connectivity index (χ4v) is 8.40. The van der Waals surface area contributed by atoms with Crippen molar-refractivity contribution in [2.75, 3.05) is 0 Å². The third kappa shape index (κ3) is 4.74. The second-order valence-electron chi connectivity index (χ2n) is 12.5. The molecule has 1 aliphatic carbocycles. The van der Waals surface area contributed by atoms with Gasteiger partial charge in [-0.3, -0.25) is 0 Å². The molecule has 10 rings (SSSR count). The van der Waals surface area contributed by atoms with Gasteiger partial charge in [-0.25, -0.2) is 9.20 Å². The molecule has 6 heteroatoms. The molecule has 1 atom stereocenters. The molecule has 1 aliphatic heterocycles. The third-order valence-electron chi connectivity index (χ3n) is 9.52. The van der Waals surface area contributed by atoms with Gasteiger partial charge in [-0.1, -0.05) is 60.7 Å². The minimum absolute atomic E-state index is 0.546. The Hall–Kier alpha value is -6.55. The van der Waals surface area contributed by atoms with Crippen molar-refractivity contribution < 1.29 is 4.21 Å². The SMILES string of the molecule is C=CC.N#Cc1ccc(S(=O)c2ccc(-n3c4c(c5cc6c7ccccc7n(-c7ccccc7)c6cc53)C=C3C4=Nc4ccccc43)cc2)cc1. The fraction of sp³-hybridized carbons (Fsp3) is 0.0222. The Morgan fingerprint density at radius 3 is 2.06 bits per heavy atom. The maximum absolute atomic E-state index is 13.5. The van der Waals surface area contributed by atoms with Gasteiger partial charge >= 0.3 is 0 Å². The van der Waals surface area contributed by atoms with Crippen molar-refractivity contribution in [1.82, 2.24) is 9.13 Å². The minimum atomic E-state index is -1.38. The summed E-state index contributed by atoms with van der Waals surface area (Å²) in [5.41, 5.74) is 12.5. The van der Waals surface area contributed by atoms with Gasteiger partial charge in [0, 0.05) is 54.0 Å². The van der Waals surface area contributed by atoms with E-state index in [0.29, 0.717) is 15.4 Å². The molecule has 3 heterocycles. The first kappa shape index (κ1) is 30.5. The van der Waals surface area contributed by atoms with E-state index < -0.39 is 10.8 Å². The van der Waals surface area contributed by atoms with Crippen molar-refractivity contribution >= 4 is 66.6 Å². The molecular formula is C45H30N4OS. The summed E-state index contributed by atoms with van der Waals surface area (Å²) >= 11 is 0. The van der Waals surface area contributed by atoms with Gasteiger partial charge in [-0.2, -0.15) is 5.26 Å². The van der Waals surface area contributed by atoms with Crippen LogP contribution < -0.4 is 0 Å². The normalized spacial score (nSPS) is 13.1. The Bertz CT molecular complexity index is 2830. The van der Waals surface area contributed by atoms with Crippen molar-refractivity contribution in [3.8, 4) is 17.4 Å². The molecule has 0 amide bonds. The molecule has 5 nitrogen and oxygen atoms in total. The predicted molar refractivity (Wildman–Crippen MR) is 210 cm³/mol. The lowest BCUT2D eigenvalue weighted by Gasteiger charge is -2.13. The Morgan fingerprint density at radius 2 is 1.31 bits per heavy atom. The van der Waals surface area contributed by atoms with Crippen molar-refractivity contribution in [2.24, 2.45) is 4.99 Å². The second-order valence-corrected chi connectivity index (χ2v) is 14.0. The van der Waals surface area contributed by atoms with Crippen LogP contribution in [0.5, 0.6) is 0 Å². The maximum Gasteiger partial charge on any atom is 0.0991 e. The molecule has 0 N–H and O–H groups in total. The van der Waals surface area contributed by atoms with Crippen LogP contribution in [0.25, 0.3) is 55.7 Å². The zero-order valence-corrected chi connectivity index (χ0v) is 28.6. The largest absolute Gasteiger partial charge is 0.309 e. The van der Waals surface area contributed by atoms with Crippen molar-refractivity contribution in [1.29, 1.82) is 5.26 Å². The number of para-hydroxylation sites is 3. The summed E-state index contributed by atoms with van der Waals surface area (Å²) < 4.78 is 18.2. The van der Waals surface area contributed by atoms with Gasteiger partial charge in [0.2, 0.25) is 0 Å². The summed E-state index contributed by atoms with van der Waals surface area (Å²) in [5, 5.41) is 12.8. The van der Waals surface area contributed by atoms with Crippen LogP contribution in [0, 0.1) is 11.3 Å². The van der Waals surface area contributed by atoms with E-state index in [9.17, 15) is 9.47 Å². The number of nitriles is 1. The maximum atomic E-state index is 13.5. The van der Waals surface area contributed by atoms with Crippen LogP contribution in [0.1, 0.15) is 29.3 Å². The lowest BCUT2D eigenvalue weighted by atomic mass is 10.0. The summed E-state index contributed by atoms with van der Waals surface area (Å²) in [6.07, 6.45) is 4.05. The van der Waals surface area contributed by atoms with Crippen LogP contribution in [0.15, 0.2) is 167 Å². The smallest absolute Gasteiger partial charge is 0.0991 e. The molecule has 0 spiro atoms. The molecule has 0 bridgehead atoms. The average Bonchev–Trinajstić information content (AvgIpc) is 3.90. The van der Waals surface area contributed by atoms with Gasteiger partial charge in [0.1, 0.15) is 0 Å². The van der Waals surface area contributed by atoms with Gasteiger partial charge in [0.05, 0.1) is 56.1 Å². The standard InChI is InChI=1S/C42H24N4OS.C3H6/c43-25-26-14-18-29(19-15-26)48(47)30-20-16-28(17-21-30)46-40-24-39-33(32-11-5-7-13-38(32)45(39)27-8-2-1-3-9-27)22-34(40)36-23-35-31-10-4-6-12-37(31)44-41(35)42(36)46;1-3-2/h1-24H;3H,1H2,2H3. The van der Waals surface area contributed by atoms with Crippen molar-refractivity contribution in [2.45, 2.75) is 16.7 Å². The molecule has 8 aromatic rings. The van der Waals surface area contributed by atoms with Crippen molar-refractivity contribution in [3.05, 3.63) is 175 Å². The molecule has 0 fully saturated rings. The molecule has 1 unspecified atom stereocenters.